The fourth-order valence-corrected chi connectivity index (χ4v) is 3.53. The van der Waals surface area contributed by atoms with Gasteiger partial charge in [-0.05, 0) is 38.1 Å². The van der Waals surface area contributed by atoms with Crippen molar-refractivity contribution in [2.75, 3.05) is 6.26 Å². The molecule has 30 heavy (non-hydrogen) atoms. The van der Waals surface area contributed by atoms with Crippen molar-refractivity contribution >= 4 is 21.6 Å². The number of ketones is 1. The number of rotatable bonds is 6. The summed E-state index contributed by atoms with van der Waals surface area (Å²) in [5.41, 5.74) is 3.19. The number of carbonyl (C=O) groups is 2. The number of benzene rings is 3. The summed E-state index contributed by atoms with van der Waals surface area (Å²) >= 11 is 0. The first-order chi connectivity index (χ1) is 14.1. The van der Waals surface area contributed by atoms with Crippen LogP contribution in [0.4, 0.5) is 0 Å². The van der Waals surface area contributed by atoms with Crippen molar-refractivity contribution in [3.05, 3.63) is 101 Å². The van der Waals surface area contributed by atoms with Crippen LogP contribution in [0, 0.1) is 13.8 Å². The zero-order valence-corrected chi connectivity index (χ0v) is 17.8. The molecule has 0 aliphatic carbocycles. The first-order valence-corrected chi connectivity index (χ1v) is 11.2. The fraction of sp³-hybridized carbons (Fsp3) is 0.167. The number of esters is 1. The van der Waals surface area contributed by atoms with E-state index in [0.29, 0.717) is 11.1 Å². The van der Waals surface area contributed by atoms with Crippen LogP contribution >= 0.6 is 0 Å². The van der Waals surface area contributed by atoms with Gasteiger partial charge in [-0.1, -0.05) is 59.7 Å². The van der Waals surface area contributed by atoms with Gasteiger partial charge in [-0.15, -0.1) is 0 Å². The van der Waals surface area contributed by atoms with E-state index in [-0.39, 0.29) is 16.2 Å². The molecule has 1 unspecified atom stereocenters. The molecule has 0 amide bonds. The Morgan fingerprint density at radius 1 is 0.733 bits per heavy atom. The van der Waals surface area contributed by atoms with E-state index in [9.17, 15) is 18.0 Å². The summed E-state index contributed by atoms with van der Waals surface area (Å²) in [6.45, 7) is 3.85. The van der Waals surface area contributed by atoms with Crippen LogP contribution in [0.3, 0.4) is 0 Å². The Bertz CT molecular complexity index is 1160. The van der Waals surface area contributed by atoms with Crippen molar-refractivity contribution in [1.82, 2.24) is 0 Å². The van der Waals surface area contributed by atoms with Crippen molar-refractivity contribution in [1.29, 1.82) is 0 Å². The maximum Gasteiger partial charge on any atom is 0.339 e. The Morgan fingerprint density at radius 2 is 1.20 bits per heavy atom. The molecule has 1 atom stereocenters. The van der Waals surface area contributed by atoms with Crippen molar-refractivity contribution in [2.45, 2.75) is 24.8 Å². The third-order valence-electron chi connectivity index (χ3n) is 4.70. The van der Waals surface area contributed by atoms with Crippen LogP contribution in [0.25, 0.3) is 0 Å². The highest BCUT2D eigenvalue weighted by molar-refractivity contribution is 7.90. The zero-order valence-electron chi connectivity index (χ0n) is 17.0. The molecule has 0 saturated carbocycles. The summed E-state index contributed by atoms with van der Waals surface area (Å²) in [7, 11) is -3.37. The Balaban J connectivity index is 1.92. The van der Waals surface area contributed by atoms with Gasteiger partial charge in [-0.25, -0.2) is 13.2 Å². The summed E-state index contributed by atoms with van der Waals surface area (Å²) in [6.07, 6.45) is -0.0241. The Kier molecular flexibility index (Phi) is 6.17. The van der Waals surface area contributed by atoms with Gasteiger partial charge in [-0.2, -0.15) is 0 Å². The van der Waals surface area contributed by atoms with Gasteiger partial charge in [0.05, 0.1) is 10.5 Å². The third-order valence-corrected chi connectivity index (χ3v) is 5.83. The highest BCUT2D eigenvalue weighted by atomic mass is 32.2. The molecule has 0 heterocycles. The minimum Gasteiger partial charge on any atom is -0.445 e. The lowest BCUT2D eigenvalue weighted by atomic mass is 9.98. The average molecular weight is 423 g/mol. The van der Waals surface area contributed by atoms with Crippen molar-refractivity contribution in [3.63, 3.8) is 0 Å². The summed E-state index contributed by atoms with van der Waals surface area (Å²) in [4.78, 5) is 26.0. The standard InChI is InChI=1S/C24H22O5S/c1-16-4-8-18(9-5-16)22(25)23(19-10-6-17(2)7-11-19)29-24(26)20-12-14-21(15-13-20)30(3,27)28/h4-15,23H,1-3H3. The van der Waals surface area contributed by atoms with Gasteiger partial charge < -0.3 is 4.74 Å². The van der Waals surface area contributed by atoms with Crippen molar-refractivity contribution < 1.29 is 22.7 Å². The van der Waals surface area contributed by atoms with E-state index >= 15 is 0 Å². The van der Waals surface area contributed by atoms with Gasteiger partial charge in [0.15, 0.2) is 15.9 Å². The predicted octanol–water partition coefficient (Wildman–Crippen LogP) is 4.49. The van der Waals surface area contributed by atoms with E-state index in [1.165, 1.54) is 24.3 Å². The quantitative estimate of drug-likeness (QED) is 0.432. The number of hydrogen-bond donors (Lipinski definition) is 0. The number of ether oxygens (including phenoxy) is 1. The third kappa shape index (κ3) is 5.02. The van der Waals surface area contributed by atoms with Crippen LogP contribution in [0.2, 0.25) is 0 Å². The lowest BCUT2D eigenvalue weighted by molar-refractivity contribution is 0.0280. The highest BCUT2D eigenvalue weighted by Gasteiger charge is 2.27. The first kappa shape index (κ1) is 21.5. The van der Waals surface area contributed by atoms with Gasteiger partial charge in [0.2, 0.25) is 5.78 Å². The molecule has 3 rings (SSSR count). The van der Waals surface area contributed by atoms with E-state index in [2.05, 4.69) is 0 Å². The van der Waals surface area contributed by atoms with Gasteiger partial charge in [0.25, 0.3) is 0 Å². The SMILES string of the molecule is Cc1ccc(C(=O)C(OC(=O)c2ccc(S(C)(=O)=O)cc2)c2ccc(C)cc2)cc1. The smallest absolute Gasteiger partial charge is 0.339 e. The number of Topliss-reactive ketones (excluding diaryl/α,β-unsaturated/α-hetero) is 1. The summed E-state index contributed by atoms with van der Waals surface area (Å²) in [6, 6.07) is 19.7. The van der Waals surface area contributed by atoms with Crippen LogP contribution in [0.5, 0.6) is 0 Å². The maximum absolute atomic E-state index is 13.1. The minimum absolute atomic E-state index is 0.102. The molecule has 0 aromatic heterocycles. The fourth-order valence-electron chi connectivity index (χ4n) is 2.90. The molecule has 3 aromatic carbocycles. The molecule has 0 aliphatic rings. The molecular formula is C24H22O5S. The minimum atomic E-state index is -3.37. The number of carbonyl (C=O) groups excluding carboxylic acids is 2. The van der Waals surface area contributed by atoms with Crippen molar-refractivity contribution in [3.8, 4) is 0 Å². The second-order valence-electron chi connectivity index (χ2n) is 7.22. The van der Waals surface area contributed by atoms with Gasteiger partial charge >= 0.3 is 5.97 Å². The molecule has 3 aromatic rings. The Labute approximate surface area is 176 Å². The number of sulfone groups is 1. The molecule has 0 radical (unpaired) electrons. The second-order valence-corrected chi connectivity index (χ2v) is 9.24. The van der Waals surface area contributed by atoms with E-state index in [1.54, 1.807) is 24.3 Å². The molecule has 0 aliphatic heterocycles. The summed E-state index contributed by atoms with van der Waals surface area (Å²) in [5.74, 6) is -1.04. The van der Waals surface area contributed by atoms with E-state index in [1.807, 2.05) is 38.1 Å². The zero-order chi connectivity index (χ0) is 21.9. The number of aryl methyl sites for hydroxylation is 2. The van der Waals surface area contributed by atoms with E-state index < -0.39 is 21.9 Å². The van der Waals surface area contributed by atoms with Crippen LogP contribution in [-0.2, 0) is 14.6 Å². The van der Waals surface area contributed by atoms with Crippen LogP contribution in [0.1, 0.15) is 43.5 Å². The average Bonchev–Trinajstić information content (AvgIpc) is 2.72. The molecule has 0 fully saturated rings. The van der Waals surface area contributed by atoms with Gasteiger partial charge in [0, 0.05) is 17.4 Å². The second kappa shape index (κ2) is 8.63. The van der Waals surface area contributed by atoms with Crippen LogP contribution in [-0.4, -0.2) is 26.4 Å². The monoisotopic (exact) mass is 422 g/mol. The number of hydrogen-bond acceptors (Lipinski definition) is 5. The van der Waals surface area contributed by atoms with Crippen molar-refractivity contribution in [2.24, 2.45) is 0 Å². The molecule has 5 nitrogen and oxygen atoms in total. The first-order valence-electron chi connectivity index (χ1n) is 9.34. The highest BCUT2D eigenvalue weighted by Crippen LogP contribution is 2.25. The summed E-state index contributed by atoms with van der Waals surface area (Å²) in [5, 5.41) is 0. The topological polar surface area (TPSA) is 77.5 Å². The van der Waals surface area contributed by atoms with E-state index in [4.69, 9.17) is 4.74 Å². The molecule has 0 saturated heterocycles. The normalized spacial score (nSPS) is 12.2. The molecule has 0 bridgehead atoms. The molecule has 6 heteroatoms. The maximum atomic E-state index is 13.1. The van der Waals surface area contributed by atoms with E-state index in [0.717, 1.165) is 17.4 Å². The molecule has 0 N–H and O–H groups in total. The lowest BCUT2D eigenvalue weighted by Gasteiger charge is -2.18. The molecule has 0 spiro atoms. The Hall–Kier alpha value is -3.25. The molecular weight excluding hydrogens is 400 g/mol. The largest absolute Gasteiger partial charge is 0.445 e. The van der Waals surface area contributed by atoms with Gasteiger partial charge in [-0.3, -0.25) is 4.79 Å². The van der Waals surface area contributed by atoms with Gasteiger partial charge in [0.1, 0.15) is 0 Å². The summed E-state index contributed by atoms with van der Waals surface area (Å²) < 4.78 is 28.8. The predicted molar refractivity (Wildman–Crippen MR) is 114 cm³/mol. The van der Waals surface area contributed by atoms with Crippen LogP contribution < -0.4 is 0 Å². The Morgan fingerprint density at radius 3 is 1.70 bits per heavy atom. The lowest BCUT2D eigenvalue weighted by Crippen LogP contribution is -2.20. The molecule has 154 valence electrons. The van der Waals surface area contributed by atoms with Crippen LogP contribution in [0.15, 0.2) is 77.7 Å².